The minimum atomic E-state index is -2.96. The molecule has 1 unspecified atom stereocenters. The van der Waals surface area contributed by atoms with Crippen LogP contribution in [0.1, 0.15) is 49.4 Å². The molecule has 0 saturated carbocycles. The summed E-state index contributed by atoms with van der Waals surface area (Å²) in [4.78, 5) is 4.47. The second-order valence-electron chi connectivity index (χ2n) is 7.58. The van der Waals surface area contributed by atoms with E-state index in [-0.39, 0.29) is 17.4 Å². The topological polar surface area (TPSA) is 104 Å². The van der Waals surface area contributed by atoms with Gasteiger partial charge in [-0.3, -0.25) is 0 Å². The normalized spacial score (nSPS) is 18.6. The maximum Gasteiger partial charge on any atom is 0.237 e. The van der Waals surface area contributed by atoms with Crippen LogP contribution in [0.15, 0.2) is 33.9 Å². The fourth-order valence-electron chi connectivity index (χ4n) is 3.38. The van der Waals surface area contributed by atoms with E-state index in [1.165, 1.54) is 17.3 Å². The molecule has 0 radical (unpaired) electrons. The van der Waals surface area contributed by atoms with Crippen LogP contribution in [0, 0.1) is 0 Å². The lowest BCUT2D eigenvalue weighted by Gasteiger charge is -2.07. The summed E-state index contributed by atoms with van der Waals surface area (Å²) in [7, 11) is -1.10. The molecule has 0 amide bonds. The third-order valence-corrected chi connectivity index (χ3v) is 7.87. The monoisotopic (exact) mass is 433 g/mol. The lowest BCUT2D eigenvalue weighted by molar-refractivity contribution is 0.391. The van der Waals surface area contributed by atoms with Crippen LogP contribution in [0.25, 0.3) is 11.4 Å². The fraction of sp³-hybridized carbons (Fsp3) is 0.474. The van der Waals surface area contributed by atoms with Crippen molar-refractivity contribution in [3.63, 3.8) is 0 Å². The maximum absolute atomic E-state index is 11.7. The van der Waals surface area contributed by atoms with Crippen LogP contribution in [0.2, 0.25) is 0 Å². The van der Waals surface area contributed by atoms with Gasteiger partial charge in [0.05, 0.1) is 17.3 Å². The maximum atomic E-state index is 11.7. The molecule has 3 aromatic rings. The Morgan fingerprint density at radius 3 is 2.66 bits per heavy atom. The number of thioether (sulfide) groups is 1. The number of hydrogen-bond acceptors (Lipinski definition) is 8. The minimum Gasteiger partial charge on any atom is -0.338 e. The van der Waals surface area contributed by atoms with Gasteiger partial charge in [-0.1, -0.05) is 55.0 Å². The first kappa shape index (κ1) is 20.1. The van der Waals surface area contributed by atoms with Crippen molar-refractivity contribution in [1.29, 1.82) is 0 Å². The van der Waals surface area contributed by atoms with Crippen LogP contribution < -0.4 is 0 Å². The van der Waals surface area contributed by atoms with E-state index in [4.69, 9.17) is 4.52 Å². The highest BCUT2D eigenvalue weighted by atomic mass is 32.2. The predicted molar refractivity (Wildman–Crippen MR) is 110 cm³/mol. The molecule has 1 atom stereocenters. The van der Waals surface area contributed by atoms with Gasteiger partial charge in [0.2, 0.25) is 11.7 Å². The smallest absolute Gasteiger partial charge is 0.237 e. The number of nitrogens with zero attached hydrogens (tertiary/aromatic N) is 5. The van der Waals surface area contributed by atoms with Crippen molar-refractivity contribution in [2.75, 3.05) is 11.5 Å². The Morgan fingerprint density at radius 1 is 1.24 bits per heavy atom. The summed E-state index contributed by atoms with van der Waals surface area (Å²) in [6.07, 6.45) is 0.599. The molecule has 154 valence electrons. The van der Waals surface area contributed by atoms with E-state index in [0.717, 1.165) is 5.56 Å². The Kier molecular flexibility index (Phi) is 5.48. The molecule has 1 aliphatic rings. The zero-order chi connectivity index (χ0) is 20.6. The number of sulfone groups is 1. The summed E-state index contributed by atoms with van der Waals surface area (Å²) < 4.78 is 30.7. The zero-order valence-electron chi connectivity index (χ0n) is 16.6. The summed E-state index contributed by atoms with van der Waals surface area (Å²) in [5, 5.41) is 13.2. The molecule has 1 aliphatic heterocycles. The fourth-order valence-corrected chi connectivity index (χ4v) is 5.87. The van der Waals surface area contributed by atoms with Gasteiger partial charge in [-0.15, -0.1) is 10.2 Å². The Balaban J connectivity index is 1.41. The van der Waals surface area contributed by atoms with Crippen molar-refractivity contribution in [3.05, 3.63) is 41.5 Å². The van der Waals surface area contributed by atoms with Gasteiger partial charge < -0.3 is 9.09 Å². The number of rotatable bonds is 6. The van der Waals surface area contributed by atoms with Crippen LogP contribution in [0.5, 0.6) is 0 Å². The van der Waals surface area contributed by atoms with Crippen molar-refractivity contribution < 1.29 is 12.9 Å². The second kappa shape index (κ2) is 7.91. The Labute approximate surface area is 174 Å². The van der Waals surface area contributed by atoms with E-state index in [0.29, 0.717) is 40.8 Å². The highest BCUT2D eigenvalue weighted by Gasteiger charge is 2.32. The van der Waals surface area contributed by atoms with E-state index in [2.05, 4.69) is 46.3 Å². The Morgan fingerprint density at radius 2 is 2.00 bits per heavy atom. The number of benzene rings is 1. The molecule has 1 aromatic carbocycles. The van der Waals surface area contributed by atoms with Crippen molar-refractivity contribution in [1.82, 2.24) is 24.9 Å². The average molecular weight is 434 g/mol. The first-order chi connectivity index (χ1) is 13.8. The van der Waals surface area contributed by atoms with Crippen molar-refractivity contribution in [3.8, 4) is 11.4 Å². The van der Waals surface area contributed by atoms with Gasteiger partial charge in [0.1, 0.15) is 5.82 Å². The van der Waals surface area contributed by atoms with Gasteiger partial charge in [-0.25, -0.2) is 8.42 Å². The Bertz CT molecular complexity index is 1100. The van der Waals surface area contributed by atoms with E-state index in [1.807, 2.05) is 23.7 Å². The van der Waals surface area contributed by atoms with Gasteiger partial charge in [-0.05, 0) is 17.9 Å². The van der Waals surface area contributed by atoms with E-state index in [1.54, 1.807) is 0 Å². The first-order valence-electron chi connectivity index (χ1n) is 9.48. The van der Waals surface area contributed by atoms with Gasteiger partial charge >= 0.3 is 0 Å². The molecule has 1 fully saturated rings. The number of aromatic nitrogens is 5. The lowest BCUT2D eigenvalue weighted by atomic mass is 10.0. The highest BCUT2D eigenvalue weighted by Crippen LogP contribution is 2.30. The van der Waals surface area contributed by atoms with Crippen LogP contribution in [-0.2, 0) is 22.6 Å². The summed E-state index contributed by atoms with van der Waals surface area (Å²) in [5.74, 6) is 2.99. The molecule has 0 aliphatic carbocycles. The molecule has 0 bridgehead atoms. The third-order valence-electron chi connectivity index (χ3n) is 5.09. The molecule has 0 spiro atoms. The van der Waals surface area contributed by atoms with E-state index in [9.17, 15) is 8.42 Å². The van der Waals surface area contributed by atoms with Gasteiger partial charge in [0.15, 0.2) is 15.0 Å². The summed E-state index contributed by atoms with van der Waals surface area (Å²) in [6, 6.07) is 8.16. The summed E-state index contributed by atoms with van der Waals surface area (Å²) >= 11 is 1.44. The van der Waals surface area contributed by atoms with E-state index >= 15 is 0 Å². The van der Waals surface area contributed by atoms with Crippen molar-refractivity contribution >= 4 is 21.6 Å². The quantitative estimate of drug-likeness (QED) is 0.546. The van der Waals surface area contributed by atoms with Crippen LogP contribution in [0.3, 0.4) is 0 Å². The largest absolute Gasteiger partial charge is 0.338 e. The molecule has 2 aromatic heterocycles. The molecule has 1 saturated heterocycles. The lowest BCUT2D eigenvalue weighted by Crippen LogP contribution is -2.09. The SMILES string of the molecule is CC(C)c1ccc(-c2noc(CSc3nnc(C4CCS(=O)(=O)C4)n3C)n2)cc1. The van der Waals surface area contributed by atoms with Gasteiger partial charge in [0.25, 0.3) is 0 Å². The molecule has 4 rings (SSSR count). The average Bonchev–Trinajstić information content (AvgIpc) is 3.39. The second-order valence-corrected chi connectivity index (χ2v) is 10.7. The first-order valence-corrected chi connectivity index (χ1v) is 12.3. The number of hydrogen-bond donors (Lipinski definition) is 0. The van der Waals surface area contributed by atoms with Crippen LogP contribution >= 0.6 is 11.8 Å². The highest BCUT2D eigenvalue weighted by molar-refractivity contribution is 7.98. The van der Waals surface area contributed by atoms with Gasteiger partial charge in [0, 0.05) is 18.5 Å². The van der Waals surface area contributed by atoms with Gasteiger partial charge in [-0.2, -0.15) is 4.98 Å². The molecular formula is C19H23N5O3S2. The third kappa shape index (κ3) is 4.37. The molecule has 0 N–H and O–H groups in total. The van der Waals surface area contributed by atoms with E-state index < -0.39 is 9.84 Å². The molecule has 10 heteroatoms. The van der Waals surface area contributed by atoms with Crippen molar-refractivity contribution in [2.45, 2.75) is 43.0 Å². The van der Waals surface area contributed by atoms with Crippen LogP contribution in [0.4, 0.5) is 0 Å². The standard InChI is InChI=1S/C19H23N5O3S2/c1-12(2)13-4-6-14(7-5-13)17-20-16(27-23-17)10-28-19-22-21-18(24(19)3)15-8-9-29(25,26)11-15/h4-7,12,15H,8-11H2,1-3H3. The zero-order valence-corrected chi connectivity index (χ0v) is 18.2. The molecule has 8 nitrogen and oxygen atoms in total. The molecular weight excluding hydrogens is 410 g/mol. The predicted octanol–water partition coefficient (Wildman–Crippen LogP) is 3.18. The molecule has 3 heterocycles. The molecule has 29 heavy (non-hydrogen) atoms. The van der Waals surface area contributed by atoms with Crippen molar-refractivity contribution in [2.24, 2.45) is 7.05 Å². The minimum absolute atomic E-state index is 0.0873. The van der Waals surface area contributed by atoms with Crippen LogP contribution in [-0.4, -0.2) is 44.8 Å². The summed E-state index contributed by atoms with van der Waals surface area (Å²) in [5.41, 5.74) is 2.18. The summed E-state index contributed by atoms with van der Waals surface area (Å²) in [6.45, 7) is 4.31. The Hall–Kier alpha value is -2.20.